The molecule has 2 saturated heterocycles. The van der Waals surface area contributed by atoms with E-state index in [1.165, 1.54) is 11.1 Å². The molecule has 6 nitrogen and oxygen atoms in total. The number of fused-ring (bicyclic) bond motifs is 1. The number of carbonyl (C=O) groups is 3. The second-order valence-corrected chi connectivity index (χ2v) is 9.34. The van der Waals surface area contributed by atoms with E-state index in [9.17, 15) is 14.4 Å². The van der Waals surface area contributed by atoms with E-state index in [2.05, 4.69) is 59.6 Å². The molecule has 3 amide bonds. The van der Waals surface area contributed by atoms with Crippen LogP contribution in [0.3, 0.4) is 0 Å². The van der Waals surface area contributed by atoms with Crippen molar-refractivity contribution >= 4 is 17.7 Å². The number of piperidine rings is 2. The Kier molecular flexibility index (Phi) is 5.55. The van der Waals surface area contributed by atoms with Gasteiger partial charge in [0.15, 0.2) is 0 Å². The van der Waals surface area contributed by atoms with Gasteiger partial charge in [-0.2, -0.15) is 0 Å². The lowest BCUT2D eigenvalue weighted by Crippen LogP contribution is -2.52. The Balaban J connectivity index is 1.26. The number of amides is 3. The number of benzene rings is 2. The molecule has 3 aliphatic rings. The molecule has 2 fully saturated rings. The molecule has 0 radical (unpaired) electrons. The van der Waals surface area contributed by atoms with Crippen LogP contribution in [0.2, 0.25) is 0 Å². The van der Waals surface area contributed by atoms with Crippen molar-refractivity contribution < 1.29 is 14.4 Å². The smallest absolute Gasteiger partial charge is 0.255 e. The van der Waals surface area contributed by atoms with Crippen molar-refractivity contribution in [3.05, 3.63) is 70.8 Å². The zero-order valence-corrected chi connectivity index (χ0v) is 18.4. The highest BCUT2D eigenvalue weighted by molar-refractivity contribution is 6.05. The van der Waals surface area contributed by atoms with Gasteiger partial charge in [0.1, 0.15) is 6.04 Å². The van der Waals surface area contributed by atoms with Crippen LogP contribution < -0.4 is 5.32 Å². The third-order valence-corrected chi connectivity index (χ3v) is 7.26. The summed E-state index contributed by atoms with van der Waals surface area (Å²) in [5.74, 6) is -0.248. The summed E-state index contributed by atoms with van der Waals surface area (Å²) in [5.41, 5.74) is 4.32. The van der Waals surface area contributed by atoms with E-state index in [1.807, 2.05) is 6.07 Å². The summed E-state index contributed by atoms with van der Waals surface area (Å²) in [6.07, 6.45) is 2.87. The minimum atomic E-state index is -0.558. The van der Waals surface area contributed by atoms with Crippen molar-refractivity contribution in [2.24, 2.45) is 0 Å². The van der Waals surface area contributed by atoms with Crippen LogP contribution in [0.4, 0.5) is 0 Å². The average Bonchev–Trinajstić information content (AvgIpc) is 3.11. The van der Waals surface area contributed by atoms with Gasteiger partial charge < -0.3 is 4.90 Å². The van der Waals surface area contributed by atoms with Crippen LogP contribution in [0.15, 0.2) is 48.5 Å². The first kappa shape index (κ1) is 20.9. The third kappa shape index (κ3) is 3.95. The number of nitrogens with zero attached hydrogens (tertiary/aromatic N) is 2. The highest BCUT2D eigenvalue weighted by atomic mass is 16.2. The van der Waals surface area contributed by atoms with Crippen molar-refractivity contribution in [3.63, 3.8) is 0 Å². The molecule has 3 atom stereocenters. The molecule has 6 heteroatoms. The summed E-state index contributed by atoms with van der Waals surface area (Å²) < 4.78 is 0. The van der Waals surface area contributed by atoms with Gasteiger partial charge >= 0.3 is 0 Å². The van der Waals surface area contributed by atoms with Crippen molar-refractivity contribution in [1.29, 1.82) is 0 Å². The summed E-state index contributed by atoms with van der Waals surface area (Å²) in [7, 11) is 0. The maximum atomic E-state index is 12.9. The molecule has 0 spiro atoms. The summed E-state index contributed by atoms with van der Waals surface area (Å²) in [5, 5.41) is 2.37. The Morgan fingerprint density at radius 2 is 1.84 bits per heavy atom. The molecule has 3 aliphatic heterocycles. The van der Waals surface area contributed by atoms with Crippen LogP contribution in [0.25, 0.3) is 0 Å². The van der Waals surface area contributed by atoms with Gasteiger partial charge in [0, 0.05) is 31.1 Å². The number of carbonyl (C=O) groups excluding carboxylic acids is 3. The molecule has 166 valence electrons. The maximum absolute atomic E-state index is 12.9. The topological polar surface area (TPSA) is 69.7 Å². The van der Waals surface area contributed by atoms with Gasteiger partial charge in [-0.25, -0.2) is 0 Å². The van der Waals surface area contributed by atoms with Gasteiger partial charge in [-0.3, -0.25) is 24.6 Å². The molecule has 0 aliphatic carbocycles. The van der Waals surface area contributed by atoms with Crippen LogP contribution >= 0.6 is 0 Å². The lowest BCUT2D eigenvalue weighted by Gasteiger charge is -2.38. The SMILES string of the molecule is C[C@H]1CC(c2ccc3c(c2)CN(C2CCC(=O)NC2=O)C3=O)CCN1Cc1ccccc1. The highest BCUT2D eigenvalue weighted by Gasteiger charge is 2.39. The number of rotatable bonds is 4. The van der Waals surface area contributed by atoms with Gasteiger partial charge in [0.05, 0.1) is 0 Å². The van der Waals surface area contributed by atoms with Crippen LogP contribution in [0.1, 0.15) is 65.6 Å². The first-order valence-electron chi connectivity index (χ1n) is 11.5. The number of imide groups is 1. The minimum Gasteiger partial charge on any atom is -0.322 e. The Labute approximate surface area is 188 Å². The molecule has 0 aromatic heterocycles. The fraction of sp³-hybridized carbons (Fsp3) is 0.423. The summed E-state index contributed by atoms with van der Waals surface area (Å²) in [4.78, 5) is 40.8. The predicted molar refractivity (Wildman–Crippen MR) is 121 cm³/mol. The molecule has 2 unspecified atom stereocenters. The van der Waals surface area contributed by atoms with E-state index in [-0.39, 0.29) is 24.1 Å². The van der Waals surface area contributed by atoms with E-state index in [0.717, 1.165) is 31.5 Å². The number of likely N-dealkylation sites (tertiary alicyclic amines) is 1. The van der Waals surface area contributed by atoms with Crippen LogP contribution in [-0.2, 0) is 22.7 Å². The molecule has 32 heavy (non-hydrogen) atoms. The van der Waals surface area contributed by atoms with Crippen LogP contribution in [0, 0.1) is 0 Å². The number of nitrogens with one attached hydrogen (secondary N) is 1. The van der Waals surface area contributed by atoms with Gasteiger partial charge in [-0.05, 0) is 61.4 Å². The Hall–Kier alpha value is -2.99. The zero-order chi connectivity index (χ0) is 22.2. The average molecular weight is 432 g/mol. The Morgan fingerprint density at radius 1 is 1.03 bits per heavy atom. The predicted octanol–water partition coefficient (Wildman–Crippen LogP) is 3.22. The third-order valence-electron chi connectivity index (χ3n) is 7.26. The first-order chi connectivity index (χ1) is 15.5. The first-order valence-corrected chi connectivity index (χ1v) is 11.5. The van der Waals surface area contributed by atoms with E-state index < -0.39 is 6.04 Å². The summed E-state index contributed by atoms with van der Waals surface area (Å²) in [6.45, 7) is 4.78. The van der Waals surface area contributed by atoms with Gasteiger partial charge in [-0.15, -0.1) is 0 Å². The van der Waals surface area contributed by atoms with E-state index in [4.69, 9.17) is 0 Å². The molecular formula is C26H29N3O3. The van der Waals surface area contributed by atoms with Gasteiger partial charge in [0.25, 0.3) is 5.91 Å². The van der Waals surface area contributed by atoms with E-state index >= 15 is 0 Å². The lowest BCUT2D eigenvalue weighted by atomic mass is 9.84. The Bertz CT molecular complexity index is 1050. The number of hydrogen-bond acceptors (Lipinski definition) is 4. The fourth-order valence-corrected chi connectivity index (χ4v) is 5.42. The number of hydrogen-bond donors (Lipinski definition) is 1. The largest absolute Gasteiger partial charge is 0.322 e. The molecule has 2 aromatic rings. The molecule has 3 heterocycles. The van der Waals surface area contributed by atoms with Gasteiger partial charge in [0.2, 0.25) is 11.8 Å². The normalized spacial score (nSPS) is 26.2. The van der Waals surface area contributed by atoms with Gasteiger partial charge in [-0.1, -0.05) is 42.5 Å². The second-order valence-electron chi connectivity index (χ2n) is 9.34. The highest BCUT2D eigenvalue weighted by Crippen LogP contribution is 2.35. The van der Waals surface area contributed by atoms with E-state index in [0.29, 0.717) is 30.5 Å². The molecule has 2 aromatic carbocycles. The lowest BCUT2D eigenvalue weighted by molar-refractivity contribution is -0.136. The monoisotopic (exact) mass is 431 g/mol. The zero-order valence-electron chi connectivity index (χ0n) is 18.4. The Morgan fingerprint density at radius 3 is 2.59 bits per heavy atom. The maximum Gasteiger partial charge on any atom is 0.255 e. The molecule has 0 saturated carbocycles. The molecular weight excluding hydrogens is 402 g/mol. The van der Waals surface area contributed by atoms with Crippen molar-refractivity contribution in [2.75, 3.05) is 6.54 Å². The summed E-state index contributed by atoms with van der Waals surface area (Å²) in [6, 6.07) is 16.7. The molecule has 0 bridgehead atoms. The quantitative estimate of drug-likeness (QED) is 0.755. The van der Waals surface area contributed by atoms with Crippen molar-refractivity contribution in [1.82, 2.24) is 15.1 Å². The van der Waals surface area contributed by atoms with Crippen LogP contribution in [-0.4, -0.2) is 46.1 Å². The molecule has 1 N–H and O–H groups in total. The molecule has 5 rings (SSSR count). The van der Waals surface area contributed by atoms with Crippen molar-refractivity contribution in [2.45, 2.75) is 63.7 Å². The standard InChI is InChI=1S/C26H29N3O3/c1-17-13-20(11-12-28(17)15-18-5-3-2-4-6-18)19-7-8-22-21(14-19)16-29(26(22)32)23-9-10-24(30)27-25(23)31/h2-8,14,17,20,23H,9-13,15-16H2,1H3,(H,27,30,31)/t17-,20?,23?/m0/s1. The van der Waals surface area contributed by atoms with Crippen LogP contribution in [0.5, 0.6) is 0 Å². The summed E-state index contributed by atoms with van der Waals surface area (Å²) >= 11 is 0. The minimum absolute atomic E-state index is 0.105. The fourth-order valence-electron chi connectivity index (χ4n) is 5.42. The van der Waals surface area contributed by atoms with E-state index in [1.54, 1.807) is 4.90 Å². The second kappa shape index (κ2) is 8.51. The van der Waals surface area contributed by atoms with Crippen molar-refractivity contribution in [3.8, 4) is 0 Å².